The van der Waals surface area contributed by atoms with Gasteiger partial charge in [0.15, 0.2) is 5.96 Å². The summed E-state index contributed by atoms with van der Waals surface area (Å²) in [5.41, 5.74) is 1.48. The van der Waals surface area contributed by atoms with Crippen molar-refractivity contribution in [3.63, 3.8) is 0 Å². The van der Waals surface area contributed by atoms with Gasteiger partial charge in [-0.1, -0.05) is 27.2 Å². The number of aryl methyl sites for hydroxylation is 1. The number of guanidine groups is 1. The Balaban J connectivity index is 0.00000261. The second-order valence-corrected chi connectivity index (χ2v) is 8.39. The van der Waals surface area contributed by atoms with Crippen LogP contribution in [0.25, 0.3) is 0 Å². The molecule has 0 radical (unpaired) electrons. The average Bonchev–Trinajstić information content (AvgIpc) is 3.26. The Bertz CT molecular complexity index is 630. The summed E-state index contributed by atoms with van der Waals surface area (Å²) in [6.07, 6.45) is 9.05. The van der Waals surface area contributed by atoms with Crippen LogP contribution in [0.2, 0.25) is 0 Å². The number of hydrogen-bond acceptors (Lipinski definition) is 3. The van der Waals surface area contributed by atoms with Crippen LogP contribution < -0.4 is 5.32 Å². The van der Waals surface area contributed by atoms with E-state index in [9.17, 15) is 0 Å². The molecule has 7 heteroatoms. The molecule has 1 aliphatic carbocycles. The Morgan fingerprint density at radius 1 is 1.44 bits per heavy atom. The Morgan fingerprint density at radius 3 is 2.81 bits per heavy atom. The van der Waals surface area contributed by atoms with E-state index in [4.69, 9.17) is 4.74 Å². The monoisotopic (exact) mass is 489 g/mol. The summed E-state index contributed by atoms with van der Waals surface area (Å²) in [6.45, 7) is 9.75. The van der Waals surface area contributed by atoms with Crippen molar-refractivity contribution < 1.29 is 4.74 Å². The Labute approximate surface area is 181 Å². The van der Waals surface area contributed by atoms with Crippen molar-refractivity contribution in [1.29, 1.82) is 0 Å². The van der Waals surface area contributed by atoms with Crippen LogP contribution in [0.3, 0.4) is 0 Å². The number of unbranched alkanes of at least 4 members (excludes halogenated alkanes) is 1. The lowest BCUT2D eigenvalue weighted by molar-refractivity contribution is -0.114. The van der Waals surface area contributed by atoms with Crippen LogP contribution in [0, 0.1) is 5.41 Å². The Hall–Kier alpha value is -0.830. The van der Waals surface area contributed by atoms with Crippen molar-refractivity contribution in [3.05, 3.63) is 18.0 Å². The molecule has 0 spiro atoms. The van der Waals surface area contributed by atoms with Gasteiger partial charge in [-0.25, -0.2) is 0 Å². The molecule has 154 valence electrons. The normalized spacial score (nSPS) is 27.2. The van der Waals surface area contributed by atoms with E-state index in [1.165, 1.54) is 12.0 Å². The van der Waals surface area contributed by atoms with Crippen molar-refractivity contribution in [3.8, 4) is 0 Å². The molecule has 1 saturated heterocycles. The molecule has 3 rings (SSSR count). The maximum Gasteiger partial charge on any atom is 0.193 e. The molecule has 1 saturated carbocycles. The molecule has 3 atom stereocenters. The summed E-state index contributed by atoms with van der Waals surface area (Å²) in [5, 5.41) is 8.03. The maximum atomic E-state index is 6.08. The first-order chi connectivity index (χ1) is 12.5. The van der Waals surface area contributed by atoms with E-state index in [0.717, 1.165) is 44.9 Å². The third kappa shape index (κ3) is 4.96. The van der Waals surface area contributed by atoms with E-state index in [1.807, 2.05) is 25.0 Å². The van der Waals surface area contributed by atoms with Gasteiger partial charge >= 0.3 is 0 Å². The molecular weight excluding hydrogens is 453 g/mol. The van der Waals surface area contributed by atoms with Crippen LogP contribution in [0.1, 0.15) is 57.9 Å². The van der Waals surface area contributed by atoms with Gasteiger partial charge in [0.25, 0.3) is 0 Å². The number of ether oxygens (including phenoxy) is 1. The zero-order valence-corrected chi connectivity index (χ0v) is 19.8. The minimum atomic E-state index is 0. The lowest BCUT2D eigenvalue weighted by atomic mass is 9.64. The highest BCUT2D eigenvalue weighted by molar-refractivity contribution is 14.0. The Morgan fingerprint density at radius 2 is 2.22 bits per heavy atom. The van der Waals surface area contributed by atoms with Gasteiger partial charge in [0.2, 0.25) is 0 Å². The molecule has 1 N–H and O–H groups in total. The molecule has 2 aliphatic rings. The molecule has 2 fully saturated rings. The molecule has 1 aromatic rings. The van der Waals surface area contributed by atoms with Gasteiger partial charge in [0, 0.05) is 57.4 Å². The molecule has 0 amide bonds. The maximum absolute atomic E-state index is 6.08. The molecule has 6 nitrogen and oxygen atoms in total. The zero-order chi connectivity index (χ0) is 18.7. The molecule has 2 heterocycles. The fourth-order valence-electron chi connectivity index (χ4n) is 4.11. The van der Waals surface area contributed by atoms with Crippen molar-refractivity contribution in [1.82, 2.24) is 20.0 Å². The minimum absolute atomic E-state index is 0. The first-order valence-corrected chi connectivity index (χ1v) is 10.0. The highest BCUT2D eigenvalue weighted by Gasteiger charge is 2.49. The Kier molecular flexibility index (Phi) is 7.97. The first-order valence-electron chi connectivity index (χ1n) is 10.0. The topological polar surface area (TPSA) is 54.7 Å². The lowest BCUT2D eigenvalue weighted by Crippen LogP contribution is -2.63. The second kappa shape index (κ2) is 9.58. The van der Waals surface area contributed by atoms with E-state index in [1.54, 1.807) is 0 Å². The van der Waals surface area contributed by atoms with Crippen molar-refractivity contribution in [2.45, 2.75) is 64.5 Å². The number of likely N-dealkylation sites (tertiary alicyclic amines) is 1. The molecule has 0 aromatic carbocycles. The standard InChI is InChI=1S/C20H35N5O.HI/c1-6-7-10-26-18-11-17(20(18,2)3)23-19(21-4)25-9-8-15(14-25)16-12-22-24(5)13-16;/h12-13,15,17-18H,6-11,14H2,1-5H3,(H,21,23);1H. The van der Waals surface area contributed by atoms with Crippen molar-refractivity contribution in [2.24, 2.45) is 17.5 Å². The van der Waals surface area contributed by atoms with Crippen LogP contribution in [0.5, 0.6) is 0 Å². The van der Waals surface area contributed by atoms with Crippen LogP contribution >= 0.6 is 24.0 Å². The number of aromatic nitrogens is 2. The largest absolute Gasteiger partial charge is 0.378 e. The number of rotatable bonds is 6. The third-order valence-corrected chi connectivity index (χ3v) is 6.19. The average molecular weight is 489 g/mol. The summed E-state index contributed by atoms with van der Waals surface area (Å²) in [6, 6.07) is 0.422. The van der Waals surface area contributed by atoms with E-state index >= 15 is 0 Å². The van der Waals surface area contributed by atoms with Crippen molar-refractivity contribution in [2.75, 3.05) is 26.7 Å². The smallest absolute Gasteiger partial charge is 0.193 e. The second-order valence-electron chi connectivity index (χ2n) is 8.39. The number of hydrogen-bond donors (Lipinski definition) is 1. The van der Waals surface area contributed by atoms with Gasteiger partial charge in [0.1, 0.15) is 0 Å². The predicted molar refractivity (Wildman–Crippen MR) is 121 cm³/mol. The van der Waals surface area contributed by atoms with Crippen LogP contribution in [-0.4, -0.2) is 59.5 Å². The fraction of sp³-hybridized carbons (Fsp3) is 0.800. The first kappa shape index (κ1) is 22.5. The van der Waals surface area contributed by atoms with Gasteiger partial charge < -0.3 is 15.0 Å². The van der Waals surface area contributed by atoms with E-state index in [2.05, 4.69) is 47.3 Å². The molecule has 27 heavy (non-hydrogen) atoms. The number of halogens is 1. The lowest BCUT2D eigenvalue weighted by Gasteiger charge is -2.52. The van der Waals surface area contributed by atoms with Gasteiger partial charge in [-0.15, -0.1) is 24.0 Å². The summed E-state index contributed by atoms with van der Waals surface area (Å²) < 4.78 is 7.97. The summed E-state index contributed by atoms with van der Waals surface area (Å²) >= 11 is 0. The van der Waals surface area contributed by atoms with Crippen molar-refractivity contribution >= 4 is 29.9 Å². The highest BCUT2D eigenvalue weighted by Crippen LogP contribution is 2.43. The van der Waals surface area contributed by atoms with E-state index < -0.39 is 0 Å². The van der Waals surface area contributed by atoms with Gasteiger partial charge in [0.05, 0.1) is 12.3 Å². The van der Waals surface area contributed by atoms with Crippen LogP contribution in [0.15, 0.2) is 17.4 Å². The minimum Gasteiger partial charge on any atom is -0.378 e. The predicted octanol–water partition coefficient (Wildman–Crippen LogP) is 3.39. The molecular formula is C20H36IN5O. The van der Waals surface area contributed by atoms with E-state index in [-0.39, 0.29) is 29.4 Å². The summed E-state index contributed by atoms with van der Waals surface area (Å²) in [7, 11) is 3.87. The summed E-state index contributed by atoms with van der Waals surface area (Å²) in [5.74, 6) is 1.57. The van der Waals surface area contributed by atoms with Gasteiger partial charge in [-0.2, -0.15) is 5.10 Å². The third-order valence-electron chi connectivity index (χ3n) is 6.19. The summed E-state index contributed by atoms with van der Waals surface area (Å²) in [4.78, 5) is 6.95. The van der Waals surface area contributed by atoms with E-state index in [0.29, 0.717) is 18.1 Å². The number of nitrogens with one attached hydrogen (secondary N) is 1. The zero-order valence-electron chi connectivity index (χ0n) is 17.4. The quantitative estimate of drug-likeness (QED) is 0.288. The highest BCUT2D eigenvalue weighted by atomic mass is 127. The number of aliphatic imine (C=N–C) groups is 1. The number of nitrogens with zero attached hydrogens (tertiary/aromatic N) is 4. The molecule has 1 aliphatic heterocycles. The molecule has 1 aromatic heterocycles. The van der Waals surface area contributed by atoms with Gasteiger partial charge in [-0.05, 0) is 24.8 Å². The molecule has 3 unspecified atom stereocenters. The van der Waals surface area contributed by atoms with Gasteiger partial charge in [-0.3, -0.25) is 9.67 Å². The fourth-order valence-corrected chi connectivity index (χ4v) is 4.11. The molecule has 0 bridgehead atoms. The SMILES string of the molecule is CCCCOC1CC(NC(=NC)N2CCC(c3cnn(C)c3)C2)C1(C)C.I. The van der Waals surface area contributed by atoms with Crippen LogP contribution in [0.4, 0.5) is 0 Å². The van der Waals surface area contributed by atoms with Crippen LogP contribution in [-0.2, 0) is 11.8 Å².